The molecule has 0 spiro atoms. The van der Waals surface area contributed by atoms with Crippen LogP contribution in [0.2, 0.25) is 0 Å². The lowest BCUT2D eigenvalue weighted by molar-refractivity contribution is -0.137. The van der Waals surface area contributed by atoms with E-state index in [1.54, 1.807) is 37.8 Å². The van der Waals surface area contributed by atoms with Crippen molar-refractivity contribution in [1.82, 2.24) is 15.0 Å². The van der Waals surface area contributed by atoms with Crippen molar-refractivity contribution in [2.75, 3.05) is 17.7 Å². The number of benzene rings is 1. The fourth-order valence-corrected chi connectivity index (χ4v) is 2.86. The molecule has 0 aliphatic heterocycles. The average molecular weight is 454 g/mol. The first-order valence-corrected chi connectivity index (χ1v) is 9.87. The van der Waals surface area contributed by atoms with Crippen molar-refractivity contribution in [2.45, 2.75) is 19.5 Å². The van der Waals surface area contributed by atoms with Crippen LogP contribution in [-0.4, -0.2) is 34.1 Å². The van der Waals surface area contributed by atoms with Crippen molar-refractivity contribution >= 4 is 23.8 Å². The Morgan fingerprint density at radius 2 is 1.73 bits per heavy atom. The third-order valence-corrected chi connectivity index (χ3v) is 4.49. The summed E-state index contributed by atoms with van der Waals surface area (Å²) in [5.41, 5.74) is 2.19. The molecule has 0 atom stereocenters. The molecule has 3 aromatic rings. The van der Waals surface area contributed by atoms with E-state index >= 15 is 0 Å². The predicted molar refractivity (Wildman–Crippen MR) is 121 cm³/mol. The van der Waals surface area contributed by atoms with E-state index in [1.165, 1.54) is 6.20 Å². The van der Waals surface area contributed by atoms with Crippen molar-refractivity contribution in [2.24, 2.45) is 4.99 Å². The summed E-state index contributed by atoms with van der Waals surface area (Å²) < 4.78 is 38.3. The minimum atomic E-state index is -4.53. The van der Waals surface area contributed by atoms with Gasteiger partial charge in [-0.2, -0.15) is 13.2 Å². The minimum Gasteiger partial charge on any atom is -0.324 e. The summed E-state index contributed by atoms with van der Waals surface area (Å²) in [6.45, 7) is 1.87. The summed E-state index contributed by atoms with van der Waals surface area (Å²) >= 11 is 0. The van der Waals surface area contributed by atoms with Gasteiger partial charge in [-0.1, -0.05) is 30.3 Å². The topological polar surface area (TPSA) is 92.2 Å². The van der Waals surface area contributed by atoms with Crippen LogP contribution in [0.3, 0.4) is 0 Å². The molecule has 0 radical (unpaired) electrons. The smallest absolute Gasteiger partial charge is 0.324 e. The van der Waals surface area contributed by atoms with Gasteiger partial charge >= 0.3 is 6.18 Å². The van der Waals surface area contributed by atoms with Crippen molar-refractivity contribution in [3.05, 3.63) is 78.0 Å². The Bertz CT molecular complexity index is 1160. The second kappa shape index (κ2) is 10.5. The molecule has 3 rings (SSSR count). The van der Waals surface area contributed by atoms with Crippen LogP contribution in [0.15, 0.2) is 71.9 Å². The lowest BCUT2D eigenvalue weighted by Crippen LogP contribution is -2.15. The first-order chi connectivity index (χ1) is 15.8. The number of aromatic nitrogens is 3. The molecular weight excluding hydrogens is 433 g/mol. The standard InChI is InChI=1S/C23H21F3N6O/c1-3-19(13-27-2)32-22-29-10-17(11-30-22)16-6-4-15(5-7-16)8-21(33)31-20-9-18(12-28-14-20)23(24,25)26/h3-7,9-14H,8H2,1-2H3,(H,31,33)(H,29,30,32)/b19-3+,27-13-. The maximum absolute atomic E-state index is 12.8. The molecule has 0 bridgehead atoms. The van der Waals surface area contributed by atoms with E-state index in [0.717, 1.165) is 22.9 Å². The van der Waals surface area contributed by atoms with Crippen molar-refractivity contribution in [3.8, 4) is 11.1 Å². The number of carbonyl (C=O) groups excluding carboxylic acids is 1. The summed E-state index contributed by atoms with van der Waals surface area (Å²) in [7, 11) is 1.67. The Balaban J connectivity index is 1.62. The highest BCUT2D eigenvalue weighted by Gasteiger charge is 2.31. The van der Waals surface area contributed by atoms with Crippen LogP contribution >= 0.6 is 0 Å². The van der Waals surface area contributed by atoms with E-state index in [1.807, 2.05) is 25.1 Å². The van der Waals surface area contributed by atoms with Crippen molar-refractivity contribution < 1.29 is 18.0 Å². The molecule has 0 saturated heterocycles. The van der Waals surface area contributed by atoms with Crippen LogP contribution in [0.5, 0.6) is 0 Å². The molecule has 0 aliphatic carbocycles. The number of alkyl halides is 3. The van der Waals surface area contributed by atoms with E-state index in [2.05, 4.69) is 30.6 Å². The largest absolute Gasteiger partial charge is 0.417 e. The van der Waals surface area contributed by atoms with Gasteiger partial charge < -0.3 is 10.6 Å². The van der Waals surface area contributed by atoms with Gasteiger partial charge in [0.25, 0.3) is 0 Å². The van der Waals surface area contributed by atoms with E-state index in [-0.39, 0.29) is 12.1 Å². The monoisotopic (exact) mass is 454 g/mol. The molecule has 0 unspecified atom stereocenters. The Labute approximate surface area is 188 Å². The number of allylic oxidation sites excluding steroid dienone is 2. The summed E-state index contributed by atoms with van der Waals surface area (Å²) in [5, 5.41) is 5.49. The van der Waals surface area contributed by atoms with Gasteiger partial charge in [0.15, 0.2) is 0 Å². The number of nitrogens with zero attached hydrogens (tertiary/aromatic N) is 4. The molecule has 33 heavy (non-hydrogen) atoms. The van der Waals surface area contributed by atoms with Crippen LogP contribution in [0.1, 0.15) is 18.1 Å². The third-order valence-electron chi connectivity index (χ3n) is 4.49. The SMILES string of the molecule is C/C=C(\C=N/C)Nc1ncc(-c2ccc(CC(=O)Nc3cncc(C(F)(F)F)c3)cc2)cn1. The summed E-state index contributed by atoms with van der Waals surface area (Å²) in [5.74, 6) is -0.0119. The molecule has 0 aliphatic rings. The number of anilines is 2. The number of amides is 1. The Kier molecular flexibility index (Phi) is 7.50. The molecule has 170 valence electrons. The zero-order chi connectivity index (χ0) is 23.8. The van der Waals surface area contributed by atoms with Gasteiger partial charge in [-0.3, -0.25) is 14.8 Å². The molecule has 10 heteroatoms. The predicted octanol–water partition coefficient (Wildman–Crippen LogP) is 4.75. The number of halogens is 3. The van der Waals surface area contributed by atoms with E-state index in [4.69, 9.17) is 0 Å². The van der Waals surface area contributed by atoms with Gasteiger partial charge in [0.05, 0.1) is 29.6 Å². The summed E-state index contributed by atoms with van der Waals surface area (Å²) in [6.07, 6.45) is 4.21. The lowest BCUT2D eigenvalue weighted by atomic mass is 10.0. The summed E-state index contributed by atoms with van der Waals surface area (Å²) in [4.78, 5) is 28.3. The van der Waals surface area contributed by atoms with Gasteiger partial charge in [0.1, 0.15) is 0 Å². The minimum absolute atomic E-state index is 0.000987. The van der Waals surface area contributed by atoms with Gasteiger partial charge in [-0.25, -0.2) is 9.97 Å². The van der Waals surface area contributed by atoms with Crippen LogP contribution in [0.25, 0.3) is 11.1 Å². The Morgan fingerprint density at radius 1 is 1.03 bits per heavy atom. The van der Waals surface area contributed by atoms with Crippen LogP contribution in [0, 0.1) is 0 Å². The average Bonchev–Trinajstić information content (AvgIpc) is 2.79. The molecule has 2 aromatic heterocycles. The quantitative estimate of drug-likeness (QED) is 0.503. The second-order valence-electron chi connectivity index (χ2n) is 6.93. The van der Waals surface area contributed by atoms with E-state index in [9.17, 15) is 18.0 Å². The molecule has 2 heterocycles. The normalized spacial score (nSPS) is 12.1. The van der Waals surface area contributed by atoms with Crippen molar-refractivity contribution in [3.63, 3.8) is 0 Å². The van der Waals surface area contributed by atoms with Crippen molar-refractivity contribution in [1.29, 1.82) is 0 Å². The van der Waals surface area contributed by atoms with E-state index in [0.29, 0.717) is 17.7 Å². The number of aliphatic imine (C=N–C) groups is 1. The zero-order valence-electron chi connectivity index (χ0n) is 17.9. The molecule has 0 saturated carbocycles. The van der Waals surface area contributed by atoms with Gasteiger partial charge in [0.2, 0.25) is 11.9 Å². The molecule has 1 aromatic carbocycles. The fraction of sp³-hybridized carbons (Fsp3) is 0.174. The number of hydrogen-bond donors (Lipinski definition) is 2. The first kappa shape index (κ1) is 23.6. The van der Waals surface area contributed by atoms with Crippen LogP contribution in [0.4, 0.5) is 24.8 Å². The highest BCUT2D eigenvalue weighted by Crippen LogP contribution is 2.30. The second-order valence-corrected chi connectivity index (χ2v) is 6.93. The number of carbonyl (C=O) groups is 1. The Morgan fingerprint density at radius 3 is 2.33 bits per heavy atom. The maximum atomic E-state index is 12.8. The highest BCUT2D eigenvalue weighted by atomic mass is 19.4. The molecular formula is C23H21F3N6O. The van der Waals surface area contributed by atoms with E-state index < -0.39 is 17.6 Å². The first-order valence-electron chi connectivity index (χ1n) is 9.87. The third kappa shape index (κ3) is 6.70. The highest BCUT2D eigenvalue weighted by molar-refractivity contribution is 5.92. The number of rotatable bonds is 7. The Hall–Kier alpha value is -4.08. The fourth-order valence-electron chi connectivity index (χ4n) is 2.86. The zero-order valence-corrected chi connectivity index (χ0v) is 17.9. The maximum Gasteiger partial charge on any atom is 0.417 e. The lowest BCUT2D eigenvalue weighted by Gasteiger charge is -2.09. The molecule has 1 amide bonds. The molecule has 7 nitrogen and oxygen atoms in total. The van der Waals surface area contributed by atoms with Gasteiger partial charge in [-0.15, -0.1) is 0 Å². The van der Waals surface area contributed by atoms with Gasteiger partial charge in [0, 0.05) is 37.4 Å². The van der Waals surface area contributed by atoms with Crippen LogP contribution < -0.4 is 10.6 Å². The van der Waals surface area contributed by atoms with Crippen LogP contribution in [-0.2, 0) is 17.4 Å². The number of nitrogens with one attached hydrogen (secondary N) is 2. The molecule has 0 fully saturated rings. The molecule has 2 N–H and O–H groups in total. The summed E-state index contributed by atoms with van der Waals surface area (Å²) in [6, 6.07) is 8.02. The number of hydrogen-bond acceptors (Lipinski definition) is 6. The van der Waals surface area contributed by atoms with Gasteiger partial charge in [-0.05, 0) is 24.1 Å². The number of pyridine rings is 1.